The van der Waals surface area contributed by atoms with Crippen LogP contribution in [-0.4, -0.2) is 92.4 Å². The van der Waals surface area contributed by atoms with Crippen LogP contribution in [0.3, 0.4) is 0 Å². The number of carbonyl (C=O) groups is 2. The van der Waals surface area contributed by atoms with Crippen LogP contribution in [0.15, 0.2) is 23.1 Å². The zero-order valence-electron chi connectivity index (χ0n) is 23.6. The van der Waals surface area contributed by atoms with Gasteiger partial charge in [0, 0.05) is 18.6 Å². The molecule has 3 atom stereocenters. The molecular formula is C26H29F5N8O5. The highest BCUT2D eigenvalue weighted by Crippen LogP contribution is 2.53. The van der Waals surface area contributed by atoms with E-state index in [4.69, 9.17) is 14.1 Å². The number of alkyl halides is 5. The van der Waals surface area contributed by atoms with E-state index >= 15 is 0 Å². The van der Waals surface area contributed by atoms with Gasteiger partial charge in [0.1, 0.15) is 5.69 Å². The first-order valence-corrected chi connectivity index (χ1v) is 14.0. The fourth-order valence-electron chi connectivity index (χ4n) is 5.33. The minimum atomic E-state index is -4.62. The Morgan fingerprint density at radius 2 is 2.02 bits per heavy atom. The zero-order chi connectivity index (χ0) is 31.4. The molecule has 3 aliphatic rings. The van der Waals surface area contributed by atoms with E-state index in [1.807, 2.05) is 0 Å². The Balaban J connectivity index is 1.32. The molecule has 18 heteroatoms. The largest absolute Gasteiger partial charge is 0.417 e. The highest BCUT2D eigenvalue weighted by Gasteiger charge is 2.65. The molecule has 13 nitrogen and oxygen atoms in total. The molecule has 238 valence electrons. The number of imidazole rings is 1. The lowest BCUT2D eigenvalue weighted by Crippen LogP contribution is -2.58. The fraction of sp³-hybridized carbons (Fsp3) is 0.615. The van der Waals surface area contributed by atoms with Gasteiger partial charge >= 0.3 is 12.2 Å². The van der Waals surface area contributed by atoms with Gasteiger partial charge in [-0.2, -0.15) is 18.3 Å². The number of methoxy groups -OCH3 is 1. The van der Waals surface area contributed by atoms with Crippen molar-refractivity contribution in [2.24, 2.45) is 0 Å². The summed E-state index contributed by atoms with van der Waals surface area (Å²) in [5.74, 6) is -3.89. The molecule has 2 saturated carbocycles. The molecule has 44 heavy (non-hydrogen) atoms. The van der Waals surface area contributed by atoms with Crippen LogP contribution < -0.4 is 10.6 Å². The number of halogens is 5. The summed E-state index contributed by atoms with van der Waals surface area (Å²) in [5.41, 5.74) is -1.44. The summed E-state index contributed by atoms with van der Waals surface area (Å²) in [6, 6.07) is -1.36. The van der Waals surface area contributed by atoms with Gasteiger partial charge in [-0.05, 0) is 43.8 Å². The molecule has 3 aromatic rings. The van der Waals surface area contributed by atoms with Crippen LogP contribution in [0.25, 0.3) is 5.65 Å². The van der Waals surface area contributed by atoms with Crippen LogP contribution in [0.1, 0.15) is 78.0 Å². The van der Waals surface area contributed by atoms with E-state index in [1.54, 1.807) is 0 Å². The molecule has 1 saturated heterocycles. The van der Waals surface area contributed by atoms with E-state index in [9.17, 15) is 31.5 Å². The van der Waals surface area contributed by atoms with Gasteiger partial charge < -0.3 is 25.0 Å². The minimum absolute atomic E-state index is 0.00822. The van der Waals surface area contributed by atoms with Gasteiger partial charge in [0.05, 0.1) is 56.0 Å². The number of ether oxygens (including phenoxy) is 2. The monoisotopic (exact) mass is 628 g/mol. The molecule has 2 N–H and O–H groups in total. The Kier molecular flexibility index (Phi) is 7.46. The second-order valence-corrected chi connectivity index (χ2v) is 11.4. The lowest BCUT2D eigenvalue weighted by molar-refractivity contribution is -0.249. The number of amides is 3. The third-order valence-corrected chi connectivity index (χ3v) is 8.01. The van der Waals surface area contributed by atoms with E-state index < -0.39 is 60.9 Å². The number of rotatable bonds is 11. The van der Waals surface area contributed by atoms with E-state index in [-0.39, 0.29) is 42.4 Å². The first-order chi connectivity index (χ1) is 20.8. The van der Waals surface area contributed by atoms with Crippen LogP contribution in [0, 0.1) is 0 Å². The quantitative estimate of drug-likeness (QED) is 0.305. The molecular weight excluding hydrogens is 599 g/mol. The number of nitrogens with zero attached hydrogens (tertiary/aromatic N) is 6. The number of hydrogen-bond acceptors (Lipinski definition) is 9. The summed E-state index contributed by atoms with van der Waals surface area (Å²) < 4.78 is 86.5. The molecule has 4 heterocycles. The maximum Gasteiger partial charge on any atom is 0.417 e. The third-order valence-electron chi connectivity index (χ3n) is 8.01. The van der Waals surface area contributed by atoms with Gasteiger partial charge in [-0.25, -0.2) is 27.7 Å². The fourth-order valence-corrected chi connectivity index (χ4v) is 5.33. The van der Waals surface area contributed by atoms with Crippen molar-refractivity contribution in [1.29, 1.82) is 0 Å². The summed E-state index contributed by atoms with van der Waals surface area (Å²) >= 11 is 0. The molecule has 0 aromatic carbocycles. The van der Waals surface area contributed by atoms with Crippen molar-refractivity contribution in [2.45, 2.75) is 74.4 Å². The van der Waals surface area contributed by atoms with Crippen molar-refractivity contribution in [2.75, 3.05) is 26.8 Å². The van der Waals surface area contributed by atoms with Gasteiger partial charge in [-0.3, -0.25) is 4.79 Å². The predicted molar refractivity (Wildman–Crippen MR) is 138 cm³/mol. The van der Waals surface area contributed by atoms with Crippen molar-refractivity contribution in [3.63, 3.8) is 0 Å². The van der Waals surface area contributed by atoms with Gasteiger partial charge in [0.25, 0.3) is 11.8 Å². The molecule has 0 radical (unpaired) electrons. The Labute approximate surface area is 246 Å². The lowest BCUT2D eigenvalue weighted by Gasteiger charge is -2.38. The molecule has 0 spiro atoms. The molecule has 2 aliphatic carbocycles. The van der Waals surface area contributed by atoms with Crippen LogP contribution in [0.2, 0.25) is 0 Å². The Bertz CT molecular complexity index is 1550. The second-order valence-electron chi connectivity index (χ2n) is 11.4. The van der Waals surface area contributed by atoms with Crippen molar-refractivity contribution >= 4 is 17.6 Å². The summed E-state index contributed by atoms with van der Waals surface area (Å²) in [4.78, 5) is 31.2. The van der Waals surface area contributed by atoms with E-state index in [0.29, 0.717) is 11.3 Å². The first kappa shape index (κ1) is 30.1. The summed E-state index contributed by atoms with van der Waals surface area (Å²) in [5, 5.41) is 16.6. The van der Waals surface area contributed by atoms with Gasteiger partial charge in [0.2, 0.25) is 0 Å². The minimum Gasteiger partial charge on any atom is -0.382 e. The predicted octanol–water partition coefficient (Wildman–Crippen LogP) is 3.31. The second kappa shape index (κ2) is 10.9. The van der Waals surface area contributed by atoms with Crippen LogP contribution >= 0.6 is 0 Å². The molecule has 0 unspecified atom stereocenters. The standard InChI is InChI=1S/C26H29F5N8O5/c1-13(43-24(5-6-24)26(29,30)31)19(35-22(40)21-20(14-3-4-14)36-44-37-21)16-9-39-18(34-16)7-15(8-33-39)17(10-42-2)38-12-25(27,28)11-32-23(38)41/h7-9,13-14,17,19H,3-6,10-12H2,1-2H3,(H,32,41)(H,35,40)/t13-,17+,19-/m0/s1. The van der Waals surface area contributed by atoms with Crippen LogP contribution in [-0.2, 0) is 9.47 Å². The Morgan fingerprint density at radius 3 is 2.68 bits per heavy atom. The van der Waals surface area contributed by atoms with E-state index in [2.05, 4.69) is 31.0 Å². The number of fused-ring (bicyclic) bond motifs is 1. The molecule has 1 aliphatic heterocycles. The molecule has 0 bridgehead atoms. The number of hydrogen-bond donors (Lipinski definition) is 2. The average molecular weight is 629 g/mol. The highest BCUT2D eigenvalue weighted by atomic mass is 19.4. The normalized spacial score (nSPS) is 21.5. The molecule has 3 amide bonds. The number of nitrogens with one attached hydrogen (secondary N) is 2. The van der Waals surface area contributed by atoms with E-state index in [0.717, 1.165) is 17.7 Å². The number of urea groups is 1. The van der Waals surface area contributed by atoms with Crippen molar-refractivity contribution < 1.29 is 45.6 Å². The smallest absolute Gasteiger partial charge is 0.382 e. The van der Waals surface area contributed by atoms with Gasteiger partial charge in [-0.15, -0.1) is 0 Å². The lowest BCUT2D eigenvalue weighted by atomic mass is 10.1. The highest BCUT2D eigenvalue weighted by molar-refractivity contribution is 5.93. The zero-order valence-corrected chi connectivity index (χ0v) is 23.6. The van der Waals surface area contributed by atoms with Crippen molar-refractivity contribution in [3.8, 4) is 0 Å². The summed E-state index contributed by atoms with van der Waals surface area (Å²) in [6.07, 6.45) is -1.92. The van der Waals surface area contributed by atoms with E-state index in [1.165, 1.54) is 37.0 Å². The third kappa shape index (κ3) is 5.79. The summed E-state index contributed by atoms with van der Waals surface area (Å²) in [7, 11) is 1.36. The molecule has 3 fully saturated rings. The molecule has 6 rings (SSSR count). The van der Waals surface area contributed by atoms with Crippen LogP contribution in [0.4, 0.5) is 26.7 Å². The average Bonchev–Trinajstić information content (AvgIpc) is 3.87. The first-order valence-electron chi connectivity index (χ1n) is 14.0. The molecule has 3 aromatic heterocycles. The maximum atomic E-state index is 14.2. The van der Waals surface area contributed by atoms with Crippen LogP contribution in [0.5, 0.6) is 0 Å². The van der Waals surface area contributed by atoms with Gasteiger partial charge in [-0.1, -0.05) is 5.16 Å². The van der Waals surface area contributed by atoms with Crippen molar-refractivity contribution in [3.05, 3.63) is 41.1 Å². The number of aromatic nitrogens is 5. The Hall–Kier alpha value is -3.93. The SMILES string of the molecule is COC[C@H](c1cnn2cc([C@@H](NC(=O)c3nonc3C3CC3)[C@H](C)OC3(C(F)(F)F)CC3)nc2c1)N1CC(F)(F)CNC1=O. The Morgan fingerprint density at radius 1 is 1.27 bits per heavy atom. The maximum absolute atomic E-state index is 14.2. The van der Waals surface area contributed by atoms with Crippen molar-refractivity contribution in [1.82, 2.24) is 40.4 Å². The number of carbonyl (C=O) groups excluding carboxylic acids is 2. The summed E-state index contributed by atoms with van der Waals surface area (Å²) in [6.45, 7) is -0.376. The topological polar surface area (TPSA) is 149 Å². The van der Waals surface area contributed by atoms with Gasteiger partial charge in [0.15, 0.2) is 16.9 Å².